The van der Waals surface area contributed by atoms with Crippen molar-refractivity contribution < 1.29 is 28.6 Å². The number of hydrogen-bond donors (Lipinski definition) is 0. The van der Waals surface area contributed by atoms with Crippen LogP contribution in [0.1, 0.15) is 221 Å². The predicted molar refractivity (Wildman–Crippen MR) is 201 cm³/mol. The molecule has 0 aromatic heterocycles. The highest BCUT2D eigenvalue weighted by molar-refractivity contribution is 5.71. The van der Waals surface area contributed by atoms with Gasteiger partial charge in [0.25, 0.3) is 0 Å². The number of hydrogen-bond acceptors (Lipinski definition) is 6. The van der Waals surface area contributed by atoms with E-state index in [9.17, 15) is 14.4 Å². The zero-order chi connectivity index (χ0) is 35.5. The lowest BCUT2D eigenvalue weighted by molar-refractivity contribution is -0.167. The summed E-state index contributed by atoms with van der Waals surface area (Å²) in [5.41, 5.74) is 0. The van der Waals surface area contributed by atoms with Crippen molar-refractivity contribution in [2.24, 2.45) is 11.8 Å². The van der Waals surface area contributed by atoms with E-state index in [0.29, 0.717) is 19.3 Å². The topological polar surface area (TPSA) is 78.9 Å². The van der Waals surface area contributed by atoms with Gasteiger partial charge in [-0.1, -0.05) is 182 Å². The predicted octanol–water partition coefficient (Wildman–Crippen LogP) is 12.6. The molecule has 284 valence electrons. The third-order valence-corrected chi connectivity index (χ3v) is 9.22. The Morgan fingerprint density at radius 2 is 0.688 bits per heavy atom. The smallest absolute Gasteiger partial charge is 0.306 e. The number of unbranched alkanes of at least 4 members (excludes halogenated alkanes) is 21. The molecular formula is C42H80O6. The third kappa shape index (κ3) is 35.7. The SMILES string of the molecule is CCCCCCCC(=O)OC[C@H](COC(=O)CCCCCCCCCCCCCCCC(C)C)OC(=O)CCCCCCCCC(C)C. The molecule has 0 saturated heterocycles. The minimum Gasteiger partial charge on any atom is -0.462 e. The minimum absolute atomic E-state index is 0.0673. The lowest BCUT2D eigenvalue weighted by atomic mass is 10.0. The van der Waals surface area contributed by atoms with E-state index in [0.717, 1.165) is 76.0 Å². The first-order valence-corrected chi connectivity index (χ1v) is 20.7. The lowest BCUT2D eigenvalue weighted by Crippen LogP contribution is -2.30. The fraction of sp³-hybridized carbons (Fsp3) is 0.929. The average molecular weight is 681 g/mol. The quantitative estimate of drug-likeness (QED) is 0.0372. The first kappa shape index (κ1) is 46.4. The molecule has 6 heteroatoms. The molecular weight excluding hydrogens is 600 g/mol. The van der Waals surface area contributed by atoms with Crippen molar-refractivity contribution >= 4 is 17.9 Å². The Hall–Kier alpha value is -1.59. The van der Waals surface area contributed by atoms with Crippen LogP contribution in [0.5, 0.6) is 0 Å². The fourth-order valence-electron chi connectivity index (χ4n) is 6.05. The Kier molecular flexibility index (Phi) is 34.1. The first-order chi connectivity index (χ1) is 23.2. The Morgan fingerprint density at radius 3 is 1.02 bits per heavy atom. The van der Waals surface area contributed by atoms with Crippen LogP contribution in [-0.2, 0) is 28.6 Å². The average Bonchev–Trinajstić information content (AvgIpc) is 3.04. The van der Waals surface area contributed by atoms with Crippen LogP contribution in [0.3, 0.4) is 0 Å². The maximum Gasteiger partial charge on any atom is 0.306 e. The van der Waals surface area contributed by atoms with Gasteiger partial charge in [0.05, 0.1) is 0 Å². The van der Waals surface area contributed by atoms with Gasteiger partial charge in [-0.05, 0) is 31.1 Å². The number of carbonyl (C=O) groups excluding carboxylic acids is 3. The maximum absolute atomic E-state index is 12.6. The van der Waals surface area contributed by atoms with Crippen molar-refractivity contribution in [3.8, 4) is 0 Å². The first-order valence-electron chi connectivity index (χ1n) is 20.7. The standard InChI is InChI=1S/C42H80O6/c1-6-7-8-20-27-32-40(43)46-35-39(48-42(45)34-29-24-19-18-22-26-31-38(4)5)36-47-41(44)33-28-23-17-15-13-11-9-10-12-14-16-21-25-30-37(2)3/h37-39H,6-36H2,1-5H3/t39-/m1/s1. The molecule has 0 unspecified atom stereocenters. The molecule has 0 saturated carbocycles. The summed E-state index contributed by atoms with van der Waals surface area (Å²) in [5, 5.41) is 0. The molecule has 0 spiro atoms. The Bertz CT molecular complexity index is 734. The second kappa shape index (κ2) is 35.2. The molecule has 0 heterocycles. The van der Waals surface area contributed by atoms with E-state index in [1.54, 1.807) is 0 Å². The number of ether oxygens (including phenoxy) is 3. The van der Waals surface area contributed by atoms with Crippen LogP contribution in [0.2, 0.25) is 0 Å². The lowest BCUT2D eigenvalue weighted by Gasteiger charge is -2.18. The molecule has 0 bridgehead atoms. The summed E-state index contributed by atoms with van der Waals surface area (Å²) in [6.07, 6.45) is 31.3. The van der Waals surface area contributed by atoms with E-state index in [4.69, 9.17) is 14.2 Å². The molecule has 6 nitrogen and oxygen atoms in total. The van der Waals surface area contributed by atoms with Gasteiger partial charge in [0.15, 0.2) is 6.10 Å². The summed E-state index contributed by atoms with van der Waals surface area (Å²) in [5.74, 6) is 0.717. The van der Waals surface area contributed by atoms with Crippen LogP contribution in [0.15, 0.2) is 0 Å². The van der Waals surface area contributed by atoms with E-state index in [1.165, 1.54) is 103 Å². The van der Waals surface area contributed by atoms with Gasteiger partial charge >= 0.3 is 17.9 Å². The molecule has 0 aliphatic carbocycles. The monoisotopic (exact) mass is 681 g/mol. The molecule has 0 radical (unpaired) electrons. The van der Waals surface area contributed by atoms with Crippen molar-refractivity contribution in [1.82, 2.24) is 0 Å². The molecule has 0 aliphatic heterocycles. The molecule has 1 atom stereocenters. The second-order valence-corrected chi connectivity index (χ2v) is 15.2. The molecule has 0 aliphatic rings. The molecule has 0 amide bonds. The van der Waals surface area contributed by atoms with E-state index in [1.807, 2.05) is 0 Å². The van der Waals surface area contributed by atoms with Gasteiger partial charge in [-0.3, -0.25) is 14.4 Å². The highest BCUT2D eigenvalue weighted by Gasteiger charge is 2.19. The molecule has 0 rings (SSSR count). The van der Waals surface area contributed by atoms with Crippen LogP contribution >= 0.6 is 0 Å². The van der Waals surface area contributed by atoms with Gasteiger partial charge in [-0.15, -0.1) is 0 Å². The van der Waals surface area contributed by atoms with E-state index in [2.05, 4.69) is 34.6 Å². The molecule has 0 fully saturated rings. The molecule has 0 N–H and O–H groups in total. The zero-order valence-electron chi connectivity index (χ0n) is 32.6. The van der Waals surface area contributed by atoms with Gasteiger partial charge in [-0.2, -0.15) is 0 Å². The van der Waals surface area contributed by atoms with Crippen LogP contribution < -0.4 is 0 Å². The van der Waals surface area contributed by atoms with Crippen LogP contribution in [0, 0.1) is 11.8 Å². The maximum atomic E-state index is 12.6. The summed E-state index contributed by atoms with van der Waals surface area (Å²) in [6, 6.07) is 0. The van der Waals surface area contributed by atoms with Gasteiger partial charge in [0, 0.05) is 19.3 Å². The molecule has 0 aromatic rings. The summed E-state index contributed by atoms with van der Waals surface area (Å²) >= 11 is 0. The summed E-state index contributed by atoms with van der Waals surface area (Å²) < 4.78 is 16.5. The molecule has 48 heavy (non-hydrogen) atoms. The van der Waals surface area contributed by atoms with Gasteiger partial charge < -0.3 is 14.2 Å². The van der Waals surface area contributed by atoms with E-state index in [-0.39, 0.29) is 31.1 Å². The number of esters is 3. The largest absolute Gasteiger partial charge is 0.462 e. The highest BCUT2D eigenvalue weighted by Crippen LogP contribution is 2.16. The van der Waals surface area contributed by atoms with E-state index < -0.39 is 6.10 Å². The van der Waals surface area contributed by atoms with Crippen molar-refractivity contribution in [2.75, 3.05) is 13.2 Å². The van der Waals surface area contributed by atoms with Crippen LogP contribution in [0.25, 0.3) is 0 Å². The fourth-order valence-corrected chi connectivity index (χ4v) is 6.05. The van der Waals surface area contributed by atoms with Crippen molar-refractivity contribution in [3.63, 3.8) is 0 Å². The summed E-state index contributed by atoms with van der Waals surface area (Å²) in [6.45, 7) is 11.2. The molecule has 0 aromatic carbocycles. The minimum atomic E-state index is -0.758. The van der Waals surface area contributed by atoms with Gasteiger partial charge in [-0.25, -0.2) is 0 Å². The number of rotatable bonds is 36. The van der Waals surface area contributed by atoms with Crippen LogP contribution in [0.4, 0.5) is 0 Å². The summed E-state index contributed by atoms with van der Waals surface area (Å²) in [7, 11) is 0. The van der Waals surface area contributed by atoms with Crippen LogP contribution in [-0.4, -0.2) is 37.2 Å². The summed E-state index contributed by atoms with van der Waals surface area (Å²) in [4.78, 5) is 37.3. The van der Waals surface area contributed by atoms with E-state index >= 15 is 0 Å². The van der Waals surface area contributed by atoms with Crippen molar-refractivity contribution in [1.29, 1.82) is 0 Å². The normalized spacial score (nSPS) is 12.1. The second-order valence-electron chi connectivity index (χ2n) is 15.2. The Balaban J connectivity index is 4.17. The van der Waals surface area contributed by atoms with Gasteiger partial charge in [0.1, 0.15) is 13.2 Å². The Labute approximate surface area is 298 Å². The number of carbonyl (C=O) groups is 3. The Morgan fingerprint density at radius 1 is 0.396 bits per heavy atom. The van der Waals surface area contributed by atoms with Crippen molar-refractivity contribution in [3.05, 3.63) is 0 Å². The van der Waals surface area contributed by atoms with Gasteiger partial charge in [0.2, 0.25) is 0 Å². The highest BCUT2D eigenvalue weighted by atomic mass is 16.6. The van der Waals surface area contributed by atoms with Crippen molar-refractivity contribution in [2.45, 2.75) is 227 Å². The zero-order valence-corrected chi connectivity index (χ0v) is 32.6. The third-order valence-electron chi connectivity index (χ3n) is 9.22.